The predicted molar refractivity (Wildman–Crippen MR) is 54.4 cm³/mol. The second-order valence-corrected chi connectivity index (χ2v) is 2.99. The number of esters is 1. The van der Waals surface area contributed by atoms with E-state index in [0.29, 0.717) is 6.42 Å². The summed E-state index contributed by atoms with van der Waals surface area (Å²) >= 11 is 0. The summed E-state index contributed by atoms with van der Waals surface area (Å²) in [5.41, 5.74) is 1.24. The lowest BCUT2D eigenvalue weighted by atomic mass is 10.1. The van der Waals surface area contributed by atoms with Gasteiger partial charge in [0.05, 0.1) is 7.11 Å². The summed E-state index contributed by atoms with van der Waals surface area (Å²) in [4.78, 5) is 10.8. The Balaban J connectivity index is 3.59. The normalized spacial score (nSPS) is 11.1. The fraction of sp³-hybridized carbons (Fsp3) is 0.545. The molecule has 2 heteroatoms. The van der Waals surface area contributed by atoms with Gasteiger partial charge in [0.25, 0.3) is 0 Å². The lowest BCUT2D eigenvalue weighted by molar-refractivity contribution is -0.140. The summed E-state index contributed by atoms with van der Waals surface area (Å²) in [5, 5.41) is 0. The lowest BCUT2D eigenvalue weighted by Crippen LogP contribution is -1.99. The van der Waals surface area contributed by atoms with Gasteiger partial charge in [0.15, 0.2) is 0 Å². The van der Waals surface area contributed by atoms with Gasteiger partial charge in [-0.05, 0) is 26.2 Å². The van der Waals surface area contributed by atoms with Gasteiger partial charge >= 0.3 is 5.97 Å². The summed E-state index contributed by atoms with van der Waals surface area (Å²) < 4.78 is 4.54. The highest BCUT2D eigenvalue weighted by atomic mass is 16.5. The first kappa shape index (κ1) is 11.9. The van der Waals surface area contributed by atoms with E-state index in [-0.39, 0.29) is 5.97 Å². The number of hydrogen-bond donors (Lipinski definition) is 0. The molecule has 0 rings (SSSR count). The van der Waals surface area contributed by atoms with Crippen molar-refractivity contribution >= 4 is 5.97 Å². The minimum absolute atomic E-state index is 0.142. The van der Waals surface area contributed by atoms with Crippen molar-refractivity contribution in [2.45, 2.75) is 32.6 Å². The molecule has 0 fully saturated rings. The Morgan fingerprint density at radius 3 is 2.62 bits per heavy atom. The summed E-state index contributed by atoms with van der Waals surface area (Å²) in [5.74, 6) is -0.142. The van der Waals surface area contributed by atoms with Gasteiger partial charge in [0, 0.05) is 6.42 Å². The molecule has 0 aliphatic carbocycles. The Morgan fingerprint density at radius 2 is 2.08 bits per heavy atom. The van der Waals surface area contributed by atoms with Gasteiger partial charge in [0.1, 0.15) is 0 Å². The zero-order chi connectivity index (χ0) is 10.1. The van der Waals surface area contributed by atoms with Crippen molar-refractivity contribution in [2.75, 3.05) is 7.11 Å². The minimum Gasteiger partial charge on any atom is -0.469 e. The molecular weight excluding hydrogens is 164 g/mol. The summed E-state index contributed by atoms with van der Waals surface area (Å²) in [6, 6.07) is 0. The Hall–Kier alpha value is -1.05. The molecule has 0 aromatic rings. The molecule has 0 N–H and O–H groups in total. The zero-order valence-corrected chi connectivity index (χ0v) is 8.51. The first-order valence-electron chi connectivity index (χ1n) is 4.54. The molecule has 0 atom stereocenters. The van der Waals surface area contributed by atoms with Crippen molar-refractivity contribution in [3.8, 4) is 0 Å². The van der Waals surface area contributed by atoms with Crippen LogP contribution in [0.2, 0.25) is 0 Å². The van der Waals surface area contributed by atoms with Crippen molar-refractivity contribution in [1.82, 2.24) is 0 Å². The summed E-state index contributed by atoms with van der Waals surface area (Å²) in [6.07, 6.45) is 7.32. The largest absolute Gasteiger partial charge is 0.469 e. The van der Waals surface area contributed by atoms with E-state index in [0.717, 1.165) is 19.3 Å². The third-order valence-corrected chi connectivity index (χ3v) is 1.81. The molecule has 0 saturated carbocycles. The number of allylic oxidation sites excluding steroid dienone is 3. The van der Waals surface area contributed by atoms with Crippen LogP contribution in [-0.4, -0.2) is 13.1 Å². The number of carbonyl (C=O) groups excluding carboxylic acids is 1. The Morgan fingerprint density at radius 1 is 1.38 bits per heavy atom. The van der Waals surface area contributed by atoms with Crippen LogP contribution in [0.3, 0.4) is 0 Å². The monoisotopic (exact) mass is 182 g/mol. The number of carbonyl (C=O) groups is 1. The van der Waals surface area contributed by atoms with Crippen LogP contribution in [-0.2, 0) is 9.53 Å². The molecule has 0 aliphatic rings. The fourth-order valence-corrected chi connectivity index (χ4v) is 0.951. The van der Waals surface area contributed by atoms with Crippen molar-refractivity contribution in [1.29, 1.82) is 0 Å². The van der Waals surface area contributed by atoms with Gasteiger partial charge < -0.3 is 4.74 Å². The van der Waals surface area contributed by atoms with E-state index in [9.17, 15) is 4.79 Å². The van der Waals surface area contributed by atoms with E-state index in [1.165, 1.54) is 12.7 Å². The van der Waals surface area contributed by atoms with Gasteiger partial charge in [-0.2, -0.15) is 0 Å². The van der Waals surface area contributed by atoms with Gasteiger partial charge in [-0.1, -0.05) is 17.7 Å². The predicted octanol–water partition coefficient (Wildman–Crippen LogP) is 2.85. The van der Waals surface area contributed by atoms with E-state index >= 15 is 0 Å². The highest BCUT2D eigenvalue weighted by Gasteiger charge is 1.99. The van der Waals surface area contributed by atoms with E-state index in [4.69, 9.17) is 0 Å². The first-order chi connectivity index (χ1) is 6.20. The van der Waals surface area contributed by atoms with Gasteiger partial charge in [-0.25, -0.2) is 0 Å². The second-order valence-electron chi connectivity index (χ2n) is 2.99. The van der Waals surface area contributed by atoms with E-state index < -0.39 is 0 Å². The summed E-state index contributed by atoms with van der Waals surface area (Å²) in [6.45, 7) is 5.68. The van der Waals surface area contributed by atoms with Crippen molar-refractivity contribution in [2.24, 2.45) is 0 Å². The number of unbranched alkanes of at least 4 members (excludes halogenated alkanes) is 1. The molecule has 0 aliphatic heterocycles. The number of ether oxygens (including phenoxy) is 1. The molecule has 0 heterocycles. The molecule has 0 radical (unpaired) electrons. The standard InChI is InChI=1S/C11H18O2/c1-4-5-6-7-10(2)8-9-11(12)13-3/h4,7H,1,5-6,8-9H2,2-3H3. The number of rotatable bonds is 6. The van der Waals surface area contributed by atoms with Crippen LogP contribution in [0.25, 0.3) is 0 Å². The van der Waals surface area contributed by atoms with Crippen LogP contribution in [0.4, 0.5) is 0 Å². The molecule has 0 bridgehead atoms. The average Bonchev–Trinajstić information content (AvgIpc) is 2.14. The van der Waals surface area contributed by atoms with E-state index in [1.807, 2.05) is 13.0 Å². The maximum atomic E-state index is 10.8. The Bertz CT molecular complexity index is 192. The van der Waals surface area contributed by atoms with E-state index in [2.05, 4.69) is 17.4 Å². The van der Waals surface area contributed by atoms with Gasteiger partial charge in [-0.3, -0.25) is 4.79 Å². The zero-order valence-electron chi connectivity index (χ0n) is 8.51. The van der Waals surface area contributed by atoms with Crippen LogP contribution in [0.5, 0.6) is 0 Å². The number of hydrogen-bond acceptors (Lipinski definition) is 2. The fourth-order valence-electron chi connectivity index (χ4n) is 0.951. The molecule has 0 aromatic heterocycles. The maximum absolute atomic E-state index is 10.8. The summed E-state index contributed by atoms with van der Waals surface area (Å²) in [7, 11) is 1.42. The van der Waals surface area contributed by atoms with Gasteiger partial charge in [0.2, 0.25) is 0 Å². The number of methoxy groups -OCH3 is 1. The average molecular weight is 182 g/mol. The topological polar surface area (TPSA) is 26.3 Å². The van der Waals surface area contributed by atoms with Crippen LogP contribution < -0.4 is 0 Å². The minimum atomic E-state index is -0.142. The van der Waals surface area contributed by atoms with E-state index in [1.54, 1.807) is 0 Å². The smallest absolute Gasteiger partial charge is 0.305 e. The third kappa shape index (κ3) is 7.32. The van der Waals surface area contributed by atoms with Crippen LogP contribution in [0.1, 0.15) is 32.6 Å². The molecule has 0 amide bonds. The maximum Gasteiger partial charge on any atom is 0.305 e. The molecule has 0 unspecified atom stereocenters. The Kier molecular flexibility index (Phi) is 6.98. The van der Waals surface area contributed by atoms with Crippen LogP contribution in [0.15, 0.2) is 24.3 Å². The lowest BCUT2D eigenvalue weighted by Gasteiger charge is -1.99. The second kappa shape index (κ2) is 7.59. The quantitative estimate of drug-likeness (QED) is 0.358. The highest BCUT2D eigenvalue weighted by Crippen LogP contribution is 2.06. The molecule has 13 heavy (non-hydrogen) atoms. The van der Waals surface area contributed by atoms with Gasteiger partial charge in [-0.15, -0.1) is 6.58 Å². The molecule has 2 nitrogen and oxygen atoms in total. The molecule has 0 saturated heterocycles. The highest BCUT2D eigenvalue weighted by molar-refractivity contribution is 5.69. The van der Waals surface area contributed by atoms with Crippen LogP contribution >= 0.6 is 0 Å². The molecule has 74 valence electrons. The van der Waals surface area contributed by atoms with Crippen molar-refractivity contribution in [3.05, 3.63) is 24.3 Å². The van der Waals surface area contributed by atoms with Crippen molar-refractivity contribution < 1.29 is 9.53 Å². The third-order valence-electron chi connectivity index (χ3n) is 1.81. The van der Waals surface area contributed by atoms with Crippen LogP contribution in [0, 0.1) is 0 Å². The van der Waals surface area contributed by atoms with Crippen molar-refractivity contribution in [3.63, 3.8) is 0 Å². The Labute approximate surface area is 80.3 Å². The molecule has 0 spiro atoms. The first-order valence-corrected chi connectivity index (χ1v) is 4.54. The molecule has 0 aromatic carbocycles. The SMILES string of the molecule is C=CCCC=C(C)CCC(=O)OC. The molecular formula is C11H18O2.